The van der Waals surface area contributed by atoms with E-state index < -0.39 is 4.92 Å². The Bertz CT molecular complexity index is 893. The van der Waals surface area contributed by atoms with Crippen molar-refractivity contribution < 1.29 is 14.5 Å². The Labute approximate surface area is 169 Å². The Balaban J connectivity index is 1.44. The summed E-state index contributed by atoms with van der Waals surface area (Å²) in [5, 5.41) is 13.6. The maximum Gasteiger partial charge on any atom is 0.269 e. The number of piperazine rings is 1. The number of nitro groups is 1. The summed E-state index contributed by atoms with van der Waals surface area (Å²) in [6.45, 7) is 5.05. The number of anilines is 1. The molecule has 0 atom stereocenters. The summed E-state index contributed by atoms with van der Waals surface area (Å²) in [7, 11) is 0. The van der Waals surface area contributed by atoms with Gasteiger partial charge in [-0.1, -0.05) is 18.2 Å². The zero-order chi connectivity index (χ0) is 20.8. The van der Waals surface area contributed by atoms with Crippen LogP contribution in [0.3, 0.4) is 0 Å². The van der Waals surface area contributed by atoms with Gasteiger partial charge in [-0.3, -0.25) is 24.6 Å². The molecule has 0 saturated carbocycles. The second kappa shape index (κ2) is 9.29. The van der Waals surface area contributed by atoms with E-state index in [1.807, 2.05) is 35.2 Å². The van der Waals surface area contributed by atoms with Gasteiger partial charge >= 0.3 is 0 Å². The van der Waals surface area contributed by atoms with Crippen LogP contribution in [0, 0.1) is 17.0 Å². The van der Waals surface area contributed by atoms with Crippen molar-refractivity contribution in [3.8, 4) is 0 Å². The van der Waals surface area contributed by atoms with Crippen molar-refractivity contribution >= 4 is 23.2 Å². The lowest BCUT2D eigenvalue weighted by molar-refractivity contribution is -0.384. The van der Waals surface area contributed by atoms with Gasteiger partial charge < -0.3 is 10.2 Å². The average molecular weight is 396 g/mol. The van der Waals surface area contributed by atoms with Gasteiger partial charge in [0.15, 0.2) is 0 Å². The third-order valence-corrected chi connectivity index (χ3v) is 5.03. The standard InChI is InChI=1S/C21H24N4O4/c1-16-15-18(25(28)29)7-8-19(16)22-20(26)9-10-23-11-13-24(14-12-23)21(27)17-5-3-2-4-6-17/h2-8,15H,9-14H2,1H3,(H,22,26). The number of nitrogens with one attached hydrogen (secondary N) is 1. The first-order valence-corrected chi connectivity index (χ1v) is 9.55. The number of nitrogens with zero attached hydrogens (tertiary/aromatic N) is 3. The lowest BCUT2D eigenvalue weighted by atomic mass is 10.1. The lowest BCUT2D eigenvalue weighted by Gasteiger charge is -2.34. The Morgan fingerprint density at radius 1 is 1.07 bits per heavy atom. The van der Waals surface area contributed by atoms with E-state index in [-0.39, 0.29) is 17.5 Å². The van der Waals surface area contributed by atoms with E-state index in [0.29, 0.717) is 42.9 Å². The minimum Gasteiger partial charge on any atom is -0.336 e. The van der Waals surface area contributed by atoms with Gasteiger partial charge in [0.05, 0.1) is 4.92 Å². The minimum atomic E-state index is -0.458. The van der Waals surface area contributed by atoms with Crippen molar-refractivity contribution in [2.75, 3.05) is 38.0 Å². The number of aryl methyl sites for hydroxylation is 1. The molecular formula is C21H24N4O4. The van der Waals surface area contributed by atoms with Gasteiger partial charge in [-0.05, 0) is 30.7 Å². The second-order valence-electron chi connectivity index (χ2n) is 7.05. The minimum absolute atomic E-state index is 0.00317. The van der Waals surface area contributed by atoms with Crippen LogP contribution < -0.4 is 5.32 Å². The van der Waals surface area contributed by atoms with Crippen LogP contribution in [0.5, 0.6) is 0 Å². The zero-order valence-corrected chi connectivity index (χ0v) is 16.3. The Hall–Kier alpha value is -3.26. The molecule has 0 bridgehead atoms. The first-order valence-electron chi connectivity index (χ1n) is 9.55. The van der Waals surface area contributed by atoms with E-state index in [9.17, 15) is 19.7 Å². The van der Waals surface area contributed by atoms with Crippen LogP contribution in [-0.2, 0) is 4.79 Å². The molecule has 29 heavy (non-hydrogen) atoms. The maximum absolute atomic E-state index is 12.5. The molecule has 8 heteroatoms. The summed E-state index contributed by atoms with van der Waals surface area (Å²) in [5.74, 6) is -0.0959. The number of amides is 2. The van der Waals surface area contributed by atoms with Crippen LogP contribution >= 0.6 is 0 Å². The van der Waals surface area contributed by atoms with E-state index in [2.05, 4.69) is 10.2 Å². The van der Waals surface area contributed by atoms with Gasteiger partial charge in [0.1, 0.15) is 0 Å². The molecule has 1 aliphatic rings. The van der Waals surface area contributed by atoms with Gasteiger partial charge in [-0.15, -0.1) is 0 Å². The van der Waals surface area contributed by atoms with E-state index in [0.717, 1.165) is 13.1 Å². The first-order chi connectivity index (χ1) is 13.9. The fourth-order valence-corrected chi connectivity index (χ4v) is 3.31. The molecule has 0 aliphatic carbocycles. The Kier molecular flexibility index (Phi) is 6.56. The van der Waals surface area contributed by atoms with Crippen molar-refractivity contribution in [2.45, 2.75) is 13.3 Å². The van der Waals surface area contributed by atoms with Crippen LogP contribution in [0.1, 0.15) is 22.3 Å². The van der Waals surface area contributed by atoms with Crippen molar-refractivity contribution in [1.82, 2.24) is 9.80 Å². The molecule has 0 unspecified atom stereocenters. The largest absolute Gasteiger partial charge is 0.336 e. The average Bonchev–Trinajstić information content (AvgIpc) is 2.74. The summed E-state index contributed by atoms with van der Waals surface area (Å²) in [6, 6.07) is 13.6. The number of carbonyl (C=O) groups excluding carboxylic acids is 2. The highest BCUT2D eigenvalue weighted by molar-refractivity contribution is 5.94. The number of non-ortho nitro benzene ring substituents is 1. The van der Waals surface area contributed by atoms with E-state index in [4.69, 9.17) is 0 Å². The molecule has 0 spiro atoms. The van der Waals surface area contributed by atoms with Gasteiger partial charge in [0.2, 0.25) is 5.91 Å². The normalized spacial score (nSPS) is 14.4. The third-order valence-electron chi connectivity index (χ3n) is 5.03. The molecule has 1 saturated heterocycles. The molecule has 2 amide bonds. The van der Waals surface area contributed by atoms with Crippen LogP contribution in [0.25, 0.3) is 0 Å². The van der Waals surface area contributed by atoms with Crippen molar-refractivity contribution in [3.05, 3.63) is 69.8 Å². The van der Waals surface area contributed by atoms with E-state index >= 15 is 0 Å². The molecular weight excluding hydrogens is 372 g/mol. The summed E-state index contributed by atoms with van der Waals surface area (Å²) < 4.78 is 0. The Morgan fingerprint density at radius 2 is 1.76 bits per heavy atom. The fourth-order valence-electron chi connectivity index (χ4n) is 3.31. The molecule has 1 aliphatic heterocycles. The Morgan fingerprint density at radius 3 is 2.38 bits per heavy atom. The van der Waals surface area contributed by atoms with Crippen LogP contribution in [-0.4, -0.2) is 59.3 Å². The van der Waals surface area contributed by atoms with Gasteiger partial charge in [-0.25, -0.2) is 0 Å². The van der Waals surface area contributed by atoms with Gasteiger partial charge in [0.25, 0.3) is 11.6 Å². The molecule has 0 radical (unpaired) electrons. The zero-order valence-electron chi connectivity index (χ0n) is 16.3. The quantitative estimate of drug-likeness (QED) is 0.598. The summed E-state index contributed by atoms with van der Waals surface area (Å²) in [5.41, 5.74) is 1.93. The number of hydrogen-bond donors (Lipinski definition) is 1. The predicted molar refractivity (Wildman–Crippen MR) is 110 cm³/mol. The fraction of sp³-hybridized carbons (Fsp3) is 0.333. The molecule has 2 aromatic rings. The number of nitro benzene ring substituents is 1. The highest BCUT2D eigenvalue weighted by Crippen LogP contribution is 2.21. The van der Waals surface area contributed by atoms with Crippen LogP contribution in [0.15, 0.2) is 48.5 Å². The van der Waals surface area contributed by atoms with E-state index in [1.165, 1.54) is 12.1 Å². The molecule has 3 rings (SSSR count). The highest BCUT2D eigenvalue weighted by atomic mass is 16.6. The topological polar surface area (TPSA) is 95.8 Å². The molecule has 1 fully saturated rings. The van der Waals surface area contributed by atoms with Crippen LogP contribution in [0.4, 0.5) is 11.4 Å². The maximum atomic E-state index is 12.5. The second-order valence-corrected chi connectivity index (χ2v) is 7.05. The van der Waals surface area contributed by atoms with Crippen molar-refractivity contribution in [2.24, 2.45) is 0 Å². The number of benzene rings is 2. The monoisotopic (exact) mass is 396 g/mol. The molecule has 0 aromatic heterocycles. The molecule has 1 N–H and O–H groups in total. The summed E-state index contributed by atoms with van der Waals surface area (Å²) >= 11 is 0. The van der Waals surface area contributed by atoms with Gasteiger partial charge in [0, 0.05) is 62.5 Å². The van der Waals surface area contributed by atoms with Crippen molar-refractivity contribution in [3.63, 3.8) is 0 Å². The van der Waals surface area contributed by atoms with Crippen LogP contribution in [0.2, 0.25) is 0 Å². The summed E-state index contributed by atoms with van der Waals surface area (Å²) in [6.07, 6.45) is 0.322. The third kappa shape index (κ3) is 5.39. The van der Waals surface area contributed by atoms with Gasteiger partial charge in [-0.2, -0.15) is 0 Å². The lowest BCUT2D eigenvalue weighted by Crippen LogP contribution is -2.49. The molecule has 8 nitrogen and oxygen atoms in total. The molecule has 1 heterocycles. The highest BCUT2D eigenvalue weighted by Gasteiger charge is 2.22. The predicted octanol–water partition coefficient (Wildman–Crippen LogP) is 2.69. The van der Waals surface area contributed by atoms with E-state index in [1.54, 1.807) is 13.0 Å². The summed E-state index contributed by atoms with van der Waals surface area (Å²) in [4.78, 5) is 39.1. The molecule has 2 aromatic carbocycles. The smallest absolute Gasteiger partial charge is 0.269 e. The number of carbonyl (C=O) groups is 2. The SMILES string of the molecule is Cc1cc([N+](=O)[O-])ccc1NC(=O)CCN1CCN(C(=O)c2ccccc2)CC1. The van der Waals surface area contributed by atoms with Crippen molar-refractivity contribution in [1.29, 1.82) is 0 Å². The number of rotatable bonds is 6. The number of hydrogen-bond acceptors (Lipinski definition) is 5. The first kappa shape index (κ1) is 20.5. The molecule has 152 valence electrons.